The largest absolute Gasteiger partial charge is 0.480 e. The van der Waals surface area contributed by atoms with Gasteiger partial charge in [-0.2, -0.15) is 0 Å². The predicted octanol–water partition coefficient (Wildman–Crippen LogP) is 0.636. The molecule has 0 saturated carbocycles. The minimum atomic E-state index is -1.93. The lowest BCUT2D eigenvalue weighted by Crippen LogP contribution is -2.56. The second-order valence-electron chi connectivity index (χ2n) is 8.56. The molecular formula is C24H25N5O5. The number of imide groups is 1. The van der Waals surface area contributed by atoms with Gasteiger partial charge in [0.1, 0.15) is 5.84 Å². The summed E-state index contributed by atoms with van der Waals surface area (Å²) in [5, 5.41) is 18.3. The van der Waals surface area contributed by atoms with Crippen LogP contribution in [0.15, 0.2) is 54.6 Å². The molecular weight excluding hydrogens is 438 g/mol. The van der Waals surface area contributed by atoms with Gasteiger partial charge in [0, 0.05) is 24.6 Å². The summed E-state index contributed by atoms with van der Waals surface area (Å²) < 4.78 is 0. The van der Waals surface area contributed by atoms with Crippen molar-refractivity contribution >= 4 is 35.2 Å². The van der Waals surface area contributed by atoms with Crippen LogP contribution in [0.5, 0.6) is 0 Å². The van der Waals surface area contributed by atoms with Crippen molar-refractivity contribution in [3.8, 4) is 0 Å². The van der Waals surface area contributed by atoms with Crippen LogP contribution in [-0.4, -0.2) is 52.1 Å². The monoisotopic (exact) mass is 463 g/mol. The van der Waals surface area contributed by atoms with Crippen molar-refractivity contribution in [2.75, 3.05) is 11.4 Å². The van der Waals surface area contributed by atoms with Gasteiger partial charge in [-0.3, -0.25) is 24.7 Å². The topological polar surface area (TPSA) is 171 Å². The number of hydrogen-bond donors (Lipinski definition) is 4. The van der Waals surface area contributed by atoms with Crippen molar-refractivity contribution in [2.45, 2.75) is 24.9 Å². The molecule has 10 nitrogen and oxygen atoms in total. The quantitative estimate of drug-likeness (QED) is 0.265. The fraction of sp³-hybridized carbons (Fsp3) is 0.292. The summed E-state index contributed by atoms with van der Waals surface area (Å²) >= 11 is 0. The summed E-state index contributed by atoms with van der Waals surface area (Å²) in [5.74, 6) is -5.41. The number of nitrogens with zero attached hydrogens (tertiary/aromatic N) is 2. The number of carbonyl (C=O) groups is 4. The SMILES string of the molecule is CC1C2C(=O)N(c3ccccc3)C(=O)C2C(C(=O)O)(c2ccc(C(=N)N)cc2)N1CCC(N)=O. The number of carbonyl (C=O) groups excluding carboxylic acids is 3. The zero-order valence-electron chi connectivity index (χ0n) is 18.5. The molecule has 4 atom stereocenters. The number of rotatable bonds is 7. The van der Waals surface area contributed by atoms with Crippen LogP contribution >= 0.6 is 0 Å². The van der Waals surface area contributed by atoms with Crippen molar-refractivity contribution in [3.63, 3.8) is 0 Å². The Hall–Kier alpha value is -4.05. The fourth-order valence-electron chi connectivity index (χ4n) is 5.38. The summed E-state index contributed by atoms with van der Waals surface area (Å²) in [4.78, 5) is 54.5. The van der Waals surface area contributed by atoms with Crippen molar-refractivity contribution < 1.29 is 24.3 Å². The zero-order chi connectivity index (χ0) is 24.8. The van der Waals surface area contributed by atoms with E-state index in [0.29, 0.717) is 11.3 Å². The number of benzene rings is 2. The number of para-hydroxylation sites is 1. The van der Waals surface area contributed by atoms with Gasteiger partial charge in [0.15, 0.2) is 5.54 Å². The molecule has 2 heterocycles. The molecule has 0 bridgehead atoms. The molecule has 0 spiro atoms. The van der Waals surface area contributed by atoms with Crippen LogP contribution in [0.2, 0.25) is 0 Å². The summed E-state index contributed by atoms with van der Waals surface area (Å²) in [5.41, 5.74) is 9.98. The van der Waals surface area contributed by atoms with Crippen LogP contribution in [0.4, 0.5) is 5.69 Å². The standard InChI is InChI=1S/C24H25N5O5/c1-13-18-19(22(32)29(21(18)31)16-5-3-2-4-6-16)24(23(33)34,28(13)12-11-17(25)30)15-9-7-14(8-10-15)20(26)27/h2-10,13,18-19H,11-12H2,1H3,(H2,25,30)(H3,26,27)(H,33,34). The predicted molar refractivity (Wildman–Crippen MR) is 123 cm³/mol. The molecule has 4 rings (SSSR count). The second kappa shape index (κ2) is 8.38. The van der Waals surface area contributed by atoms with E-state index in [0.717, 1.165) is 4.90 Å². The number of likely N-dealkylation sites (tertiary alicyclic amines) is 1. The molecule has 10 heteroatoms. The van der Waals surface area contributed by atoms with Gasteiger partial charge in [0.2, 0.25) is 17.7 Å². The number of aliphatic carboxylic acids is 1. The van der Waals surface area contributed by atoms with Crippen molar-refractivity contribution in [1.82, 2.24) is 4.90 Å². The van der Waals surface area contributed by atoms with Gasteiger partial charge < -0.3 is 16.6 Å². The van der Waals surface area contributed by atoms with Gasteiger partial charge in [-0.1, -0.05) is 42.5 Å². The first-order chi connectivity index (χ1) is 16.1. The number of carboxylic acids is 1. The summed E-state index contributed by atoms with van der Waals surface area (Å²) in [6.07, 6.45) is -0.144. The smallest absolute Gasteiger partial charge is 0.329 e. The number of hydrogen-bond acceptors (Lipinski definition) is 6. The molecule has 4 unspecified atom stereocenters. The molecule has 2 saturated heterocycles. The van der Waals surface area contributed by atoms with E-state index in [4.69, 9.17) is 16.9 Å². The number of fused-ring (bicyclic) bond motifs is 1. The number of amides is 3. The van der Waals surface area contributed by atoms with Crippen LogP contribution in [-0.2, 0) is 24.7 Å². The van der Waals surface area contributed by atoms with E-state index < -0.39 is 47.1 Å². The van der Waals surface area contributed by atoms with Gasteiger partial charge in [-0.05, 0) is 24.6 Å². The minimum absolute atomic E-state index is 0.0455. The van der Waals surface area contributed by atoms with E-state index >= 15 is 0 Å². The summed E-state index contributed by atoms with van der Waals surface area (Å²) in [7, 11) is 0. The number of nitrogen functional groups attached to an aromatic ring is 1. The first kappa shape index (κ1) is 23.1. The minimum Gasteiger partial charge on any atom is -0.480 e. The van der Waals surface area contributed by atoms with Crippen LogP contribution in [0.3, 0.4) is 0 Å². The number of anilines is 1. The first-order valence-corrected chi connectivity index (χ1v) is 10.8. The Labute approximate surface area is 195 Å². The van der Waals surface area contributed by atoms with Crippen molar-refractivity contribution in [3.05, 3.63) is 65.7 Å². The van der Waals surface area contributed by atoms with E-state index in [1.165, 1.54) is 29.2 Å². The van der Waals surface area contributed by atoms with Crippen molar-refractivity contribution in [1.29, 1.82) is 5.41 Å². The van der Waals surface area contributed by atoms with Crippen molar-refractivity contribution in [2.24, 2.45) is 23.3 Å². The molecule has 2 aliphatic rings. The molecule has 176 valence electrons. The molecule has 6 N–H and O–H groups in total. The second-order valence-corrected chi connectivity index (χ2v) is 8.56. The Morgan fingerprint density at radius 1 is 1.03 bits per heavy atom. The maximum atomic E-state index is 13.8. The third kappa shape index (κ3) is 3.26. The van der Waals surface area contributed by atoms with E-state index in [2.05, 4.69) is 0 Å². The molecule has 0 aliphatic carbocycles. The highest BCUT2D eigenvalue weighted by Crippen LogP contribution is 2.54. The summed E-state index contributed by atoms with van der Waals surface area (Å²) in [6.45, 7) is 1.64. The number of carboxylic acid groups (broad SMARTS) is 1. The van der Waals surface area contributed by atoms with Gasteiger partial charge in [-0.15, -0.1) is 0 Å². The number of primary amides is 1. The average Bonchev–Trinajstić information content (AvgIpc) is 3.22. The third-order valence-corrected chi connectivity index (χ3v) is 6.84. The molecule has 34 heavy (non-hydrogen) atoms. The highest BCUT2D eigenvalue weighted by atomic mass is 16.4. The molecule has 2 fully saturated rings. The Morgan fingerprint density at radius 3 is 2.18 bits per heavy atom. The Morgan fingerprint density at radius 2 is 1.65 bits per heavy atom. The Bertz CT molecular complexity index is 1180. The lowest BCUT2D eigenvalue weighted by atomic mass is 9.75. The molecule has 3 amide bonds. The highest BCUT2D eigenvalue weighted by Gasteiger charge is 2.71. The van der Waals surface area contributed by atoms with Crippen LogP contribution < -0.4 is 16.4 Å². The normalized spacial score (nSPS) is 26.5. The molecule has 0 aromatic heterocycles. The van der Waals surface area contributed by atoms with Gasteiger partial charge >= 0.3 is 5.97 Å². The summed E-state index contributed by atoms with van der Waals surface area (Å²) in [6, 6.07) is 13.7. The molecule has 2 aliphatic heterocycles. The van der Waals surface area contributed by atoms with Crippen LogP contribution in [0, 0.1) is 17.2 Å². The highest BCUT2D eigenvalue weighted by molar-refractivity contribution is 6.24. The van der Waals surface area contributed by atoms with Crippen LogP contribution in [0.25, 0.3) is 0 Å². The van der Waals surface area contributed by atoms with E-state index in [9.17, 15) is 24.3 Å². The van der Waals surface area contributed by atoms with E-state index in [-0.39, 0.29) is 24.4 Å². The lowest BCUT2D eigenvalue weighted by molar-refractivity contribution is -0.157. The number of amidine groups is 1. The molecule has 2 aromatic carbocycles. The third-order valence-electron chi connectivity index (χ3n) is 6.84. The van der Waals surface area contributed by atoms with Gasteiger partial charge in [0.25, 0.3) is 0 Å². The Balaban J connectivity index is 1.92. The maximum Gasteiger partial charge on any atom is 0.329 e. The molecule has 2 aromatic rings. The molecule has 0 radical (unpaired) electrons. The zero-order valence-corrected chi connectivity index (χ0v) is 18.5. The lowest BCUT2D eigenvalue weighted by Gasteiger charge is -2.40. The average molecular weight is 463 g/mol. The number of nitrogens with one attached hydrogen (secondary N) is 1. The Kier molecular flexibility index (Phi) is 5.70. The van der Waals surface area contributed by atoms with Gasteiger partial charge in [-0.25, -0.2) is 9.69 Å². The first-order valence-electron chi connectivity index (χ1n) is 10.8. The van der Waals surface area contributed by atoms with Crippen LogP contribution in [0.1, 0.15) is 24.5 Å². The maximum absolute atomic E-state index is 13.8. The fourth-order valence-corrected chi connectivity index (χ4v) is 5.38. The van der Waals surface area contributed by atoms with Gasteiger partial charge in [0.05, 0.1) is 17.5 Å². The van der Waals surface area contributed by atoms with E-state index in [1.807, 2.05) is 0 Å². The van der Waals surface area contributed by atoms with E-state index in [1.54, 1.807) is 37.3 Å². The number of nitrogens with two attached hydrogens (primary N) is 2.